The molecule has 4 heterocycles. The summed E-state index contributed by atoms with van der Waals surface area (Å²) in [4.78, 5) is 39.4. The van der Waals surface area contributed by atoms with Crippen molar-refractivity contribution in [1.29, 1.82) is 0 Å². The Kier molecular flexibility index (Phi) is 6.78. The Hall–Kier alpha value is -4.00. The summed E-state index contributed by atoms with van der Waals surface area (Å²) in [6.07, 6.45) is 0.686. The number of alkyl halides is 2. The molecule has 4 N–H and O–H groups in total. The number of carbonyl (C=O) groups is 3. The molecule has 2 aromatic heterocycles. The van der Waals surface area contributed by atoms with Gasteiger partial charge in [0.15, 0.2) is 5.69 Å². The van der Waals surface area contributed by atoms with Crippen molar-refractivity contribution in [2.24, 2.45) is 5.73 Å². The molecule has 4 atom stereocenters. The molecule has 37 heavy (non-hydrogen) atoms. The quantitative estimate of drug-likeness (QED) is 0.432. The Labute approximate surface area is 210 Å². The monoisotopic (exact) mass is 512 g/mol. The highest BCUT2D eigenvalue weighted by molar-refractivity contribution is 6.05. The van der Waals surface area contributed by atoms with Gasteiger partial charge in [-0.1, -0.05) is 6.07 Å². The predicted octanol–water partition coefficient (Wildman–Crippen LogP) is 0.347. The van der Waals surface area contributed by atoms with E-state index in [1.807, 2.05) is 0 Å². The Morgan fingerprint density at radius 3 is 2.73 bits per heavy atom. The zero-order valence-electron chi connectivity index (χ0n) is 19.8. The fourth-order valence-electron chi connectivity index (χ4n) is 4.91. The van der Waals surface area contributed by atoms with E-state index in [4.69, 9.17) is 5.73 Å². The molecule has 0 spiro atoms. The van der Waals surface area contributed by atoms with Crippen molar-refractivity contribution >= 4 is 28.6 Å². The smallest absolute Gasteiger partial charge is 0.269 e. The number of benzene rings is 1. The highest BCUT2D eigenvalue weighted by Crippen LogP contribution is 2.27. The lowest BCUT2D eigenvalue weighted by molar-refractivity contribution is -0.139. The number of fused-ring (bicyclic) bond motifs is 1. The summed E-state index contributed by atoms with van der Waals surface area (Å²) in [5.41, 5.74) is 7.51. The molecular formula is C24H26F2N8O3. The molecule has 2 aliphatic heterocycles. The van der Waals surface area contributed by atoms with Gasteiger partial charge >= 0.3 is 0 Å². The van der Waals surface area contributed by atoms with Crippen molar-refractivity contribution in [3.63, 3.8) is 0 Å². The van der Waals surface area contributed by atoms with Gasteiger partial charge in [-0.15, -0.1) is 0 Å². The Morgan fingerprint density at radius 2 is 2.00 bits per heavy atom. The van der Waals surface area contributed by atoms with Crippen LogP contribution in [0.15, 0.2) is 36.7 Å². The van der Waals surface area contributed by atoms with Crippen molar-refractivity contribution in [3.05, 3.63) is 42.4 Å². The van der Waals surface area contributed by atoms with E-state index in [0.29, 0.717) is 23.9 Å². The summed E-state index contributed by atoms with van der Waals surface area (Å²) in [7, 11) is 0. The zero-order valence-corrected chi connectivity index (χ0v) is 19.8. The summed E-state index contributed by atoms with van der Waals surface area (Å²) >= 11 is 0. The molecule has 3 amide bonds. The first-order valence-corrected chi connectivity index (χ1v) is 12.0. The SMILES string of the molecule is NC(=O)c1nn(CC(=O)N2CC(F)CC2C(=O)NC2CCNCC2F)c2ccc(-c3ccnnc3)cc12. The number of aromatic nitrogens is 4. The third-order valence-electron chi connectivity index (χ3n) is 6.80. The molecule has 5 rings (SSSR count). The van der Waals surface area contributed by atoms with Crippen LogP contribution in [-0.4, -0.2) is 86.7 Å². The lowest BCUT2D eigenvalue weighted by atomic mass is 10.0. The minimum atomic E-state index is -1.39. The van der Waals surface area contributed by atoms with Gasteiger partial charge in [0.25, 0.3) is 5.91 Å². The molecule has 13 heteroatoms. The van der Waals surface area contributed by atoms with Gasteiger partial charge in [0.1, 0.15) is 24.9 Å². The first kappa shape index (κ1) is 24.7. The molecule has 1 aromatic carbocycles. The maximum atomic E-state index is 14.4. The van der Waals surface area contributed by atoms with Crippen LogP contribution in [0.1, 0.15) is 23.3 Å². The first-order valence-electron chi connectivity index (χ1n) is 12.0. The molecule has 194 valence electrons. The number of hydrogen-bond donors (Lipinski definition) is 3. The van der Waals surface area contributed by atoms with E-state index < -0.39 is 42.1 Å². The fourth-order valence-corrected chi connectivity index (χ4v) is 4.91. The predicted molar refractivity (Wildman–Crippen MR) is 129 cm³/mol. The molecule has 4 unspecified atom stereocenters. The van der Waals surface area contributed by atoms with Crippen LogP contribution in [0.2, 0.25) is 0 Å². The van der Waals surface area contributed by atoms with Crippen LogP contribution in [0.5, 0.6) is 0 Å². The van der Waals surface area contributed by atoms with E-state index in [-0.39, 0.29) is 31.7 Å². The maximum Gasteiger partial charge on any atom is 0.269 e. The number of nitrogens with one attached hydrogen (secondary N) is 2. The molecule has 2 fully saturated rings. The highest BCUT2D eigenvalue weighted by Gasteiger charge is 2.41. The van der Waals surface area contributed by atoms with Crippen LogP contribution >= 0.6 is 0 Å². The molecule has 2 saturated heterocycles. The van der Waals surface area contributed by atoms with Gasteiger partial charge in [-0.2, -0.15) is 15.3 Å². The normalized spacial score (nSPS) is 23.8. The van der Waals surface area contributed by atoms with E-state index in [9.17, 15) is 23.2 Å². The Balaban J connectivity index is 1.38. The fraction of sp³-hybridized carbons (Fsp3) is 0.417. The Morgan fingerprint density at radius 1 is 1.16 bits per heavy atom. The van der Waals surface area contributed by atoms with Gasteiger partial charge in [-0.25, -0.2) is 8.78 Å². The van der Waals surface area contributed by atoms with Gasteiger partial charge < -0.3 is 21.3 Å². The van der Waals surface area contributed by atoms with E-state index in [0.717, 1.165) is 16.0 Å². The lowest BCUT2D eigenvalue weighted by Crippen LogP contribution is -2.55. The van der Waals surface area contributed by atoms with Crippen LogP contribution in [0.4, 0.5) is 8.78 Å². The molecule has 3 aromatic rings. The molecule has 0 bridgehead atoms. The second kappa shape index (κ2) is 10.2. The largest absolute Gasteiger partial charge is 0.364 e. The number of nitrogens with two attached hydrogens (primary N) is 1. The maximum absolute atomic E-state index is 14.4. The van der Waals surface area contributed by atoms with Crippen LogP contribution in [0.25, 0.3) is 22.0 Å². The summed E-state index contributed by atoms with van der Waals surface area (Å²) in [6.45, 7) is 0.0785. The second-order valence-corrected chi connectivity index (χ2v) is 9.25. The number of likely N-dealkylation sites (tertiary alicyclic amines) is 1. The number of primary amides is 1. The topological polar surface area (TPSA) is 148 Å². The van der Waals surface area contributed by atoms with Crippen molar-refractivity contribution in [2.45, 2.75) is 43.8 Å². The minimum Gasteiger partial charge on any atom is -0.364 e. The van der Waals surface area contributed by atoms with Crippen LogP contribution < -0.4 is 16.4 Å². The van der Waals surface area contributed by atoms with Gasteiger partial charge in [-0.05, 0) is 36.7 Å². The van der Waals surface area contributed by atoms with Crippen molar-refractivity contribution in [3.8, 4) is 11.1 Å². The third-order valence-corrected chi connectivity index (χ3v) is 6.80. The van der Waals surface area contributed by atoms with Gasteiger partial charge in [-0.3, -0.25) is 19.1 Å². The second-order valence-electron chi connectivity index (χ2n) is 9.25. The minimum absolute atomic E-state index is 0.0226. The van der Waals surface area contributed by atoms with Crippen LogP contribution in [0.3, 0.4) is 0 Å². The number of carbonyl (C=O) groups excluding carboxylic acids is 3. The Bertz CT molecular complexity index is 1330. The van der Waals surface area contributed by atoms with Crippen molar-refractivity contribution in [2.75, 3.05) is 19.6 Å². The number of rotatable bonds is 6. The van der Waals surface area contributed by atoms with Crippen molar-refractivity contribution in [1.82, 2.24) is 35.5 Å². The number of piperidine rings is 1. The summed E-state index contributed by atoms with van der Waals surface area (Å²) in [5.74, 6) is -1.90. The average Bonchev–Trinajstić information content (AvgIpc) is 3.46. The van der Waals surface area contributed by atoms with Gasteiger partial charge in [0, 0.05) is 23.9 Å². The number of nitrogens with zero attached hydrogens (tertiary/aromatic N) is 5. The van der Waals surface area contributed by atoms with Gasteiger partial charge in [0.2, 0.25) is 11.8 Å². The first-order chi connectivity index (χ1) is 17.8. The highest BCUT2D eigenvalue weighted by atomic mass is 19.1. The van der Waals surface area contributed by atoms with E-state index in [1.54, 1.807) is 30.5 Å². The van der Waals surface area contributed by atoms with E-state index in [1.165, 1.54) is 10.9 Å². The molecule has 0 aliphatic carbocycles. The standard InChI is InChI=1S/C24H26F2N8O3/c25-15-8-20(24(37)31-18-4-5-28-10-17(18)26)33(11-15)21(35)12-34-19-2-1-13(14-3-6-29-30-9-14)7-16(19)22(32-34)23(27)36/h1-3,6-7,9,15,17-18,20,28H,4-5,8,10-12H2,(H2,27,36)(H,31,37). The summed E-state index contributed by atoms with van der Waals surface area (Å²) < 4.78 is 29.9. The molecule has 2 aliphatic rings. The van der Waals surface area contributed by atoms with E-state index >= 15 is 0 Å². The van der Waals surface area contributed by atoms with E-state index in [2.05, 4.69) is 25.9 Å². The third kappa shape index (κ3) is 4.99. The average molecular weight is 513 g/mol. The zero-order chi connectivity index (χ0) is 26.1. The molecular weight excluding hydrogens is 486 g/mol. The lowest BCUT2D eigenvalue weighted by Gasteiger charge is -2.30. The number of amides is 3. The molecule has 0 saturated carbocycles. The number of hydrogen-bond acceptors (Lipinski definition) is 7. The van der Waals surface area contributed by atoms with Crippen LogP contribution in [-0.2, 0) is 16.1 Å². The summed E-state index contributed by atoms with van der Waals surface area (Å²) in [5, 5.41) is 17.8. The molecule has 0 radical (unpaired) electrons. The van der Waals surface area contributed by atoms with Crippen LogP contribution in [0, 0.1) is 0 Å². The summed E-state index contributed by atoms with van der Waals surface area (Å²) in [6, 6.07) is 5.20. The molecule has 11 nitrogen and oxygen atoms in total. The number of halogens is 2. The van der Waals surface area contributed by atoms with Gasteiger partial charge in [0.05, 0.1) is 30.5 Å². The van der Waals surface area contributed by atoms with Crippen molar-refractivity contribution < 1.29 is 23.2 Å².